The molecule has 0 bridgehead atoms. The van der Waals surface area contributed by atoms with Gasteiger partial charge in [0.1, 0.15) is 22.9 Å². The molecule has 0 unspecified atom stereocenters. The number of nitro benzene ring substituents is 2. The molecule has 0 radical (unpaired) electrons. The first-order chi connectivity index (χ1) is 47.6. The number of nitrogens with two attached hydrogens (primary N) is 2. The summed E-state index contributed by atoms with van der Waals surface area (Å²) in [6.45, 7) is 23.9. The van der Waals surface area contributed by atoms with Crippen LogP contribution in [0.1, 0.15) is 104 Å². The Hall–Kier alpha value is -8.43. The Bertz CT molecular complexity index is 4010. The van der Waals surface area contributed by atoms with Gasteiger partial charge in [-0.05, 0) is 221 Å². The van der Waals surface area contributed by atoms with E-state index in [0.717, 1.165) is 84.7 Å². The molecule has 3 heterocycles. The van der Waals surface area contributed by atoms with E-state index in [-0.39, 0.29) is 45.9 Å². The van der Waals surface area contributed by atoms with Crippen molar-refractivity contribution < 1.29 is 87.0 Å². The van der Waals surface area contributed by atoms with E-state index in [4.69, 9.17) is 69.1 Å². The molecule has 12 N–H and O–H groups in total. The maximum absolute atomic E-state index is 13.0. The first-order valence-electron chi connectivity index (χ1n) is 31.0. The molecular weight excluding hydrogens is 1620 g/mol. The summed E-state index contributed by atoms with van der Waals surface area (Å²) < 4.78 is 44.8. The molecule has 0 amide bonds. The number of aliphatic hydroxyl groups is 1. The number of ether oxygens (including phenoxy) is 2. The number of aromatic carboxylic acids is 2. The van der Waals surface area contributed by atoms with Gasteiger partial charge in [-0.1, -0.05) is 65.7 Å². The number of likely N-dealkylation sites (tertiary alicyclic amines) is 2. The molecule has 103 heavy (non-hydrogen) atoms. The van der Waals surface area contributed by atoms with Crippen LogP contribution in [-0.2, 0) is 19.9 Å². The molecule has 2 aliphatic rings. The number of carboxylic acids is 2. The Balaban J connectivity index is 0. The molecule has 33 heteroatoms. The summed E-state index contributed by atoms with van der Waals surface area (Å²) in [5.41, 5.74) is 20.4. The topological polar surface area (TPSA) is 462 Å². The number of rotatable bonds is 15. The SMILES string of the molecule is CO.Cc1ccc(C(=O)O)c(N)c1.Cc1ccc(C(=O)O)c([N+](=O)[O-])c1.Cc1ccc(C)c([N+](=O)[O-])c1.Cc1ccc(C)cc1.Cc1ccc2c(=O)n(-c3ccc(OCCCN4CCCC4)cc3)c(C)nc2c1.Nc1ccc(OCCCN2CCCC2)cc1.O.O=S(=O)(O)O.O=[N+]([O-])O.[CH3-].[I][V][I]. The van der Waals surface area contributed by atoms with Crippen molar-refractivity contribution in [2.24, 2.45) is 0 Å². The van der Waals surface area contributed by atoms with E-state index in [2.05, 4.69) is 92.9 Å². The van der Waals surface area contributed by atoms with Crippen molar-refractivity contribution in [3.8, 4) is 17.2 Å². The van der Waals surface area contributed by atoms with E-state index in [1.165, 1.54) is 87.3 Å². The number of aliphatic hydroxyl groups excluding tert-OH is 1. The predicted octanol–water partition coefficient (Wildman–Crippen LogP) is 13.4. The van der Waals surface area contributed by atoms with Crippen LogP contribution in [-0.4, -0.2) is 149 Å². The van der Waals surface area contributed by atoms with Crippen molar-refractivity contribution in [1.82, 2.24) is 19.4 Å². The second-order valence-electron chi connectivity index (χ2n) is 22.3. The van der Waals surface area contributed by atoms with Crippen LogP contribution >= 0.6 is 40.0 Å². The third kappa shape index (κ3) is 41.5. The number of halogens is 2. The van der Waals surface area contributed by atoms with Crippen LogP contribution in [0.25, 0.3) is 16.6 Å². The Labute approximate surface area is 629 Å². The molecular formula is C70H94I2N9O20SV-. The maximum atomic E-state index is 13.0. The third-order valence-electron chi connectivity index (χ3n) is 14.1. The quantitative estimate of drug-likeness (QED) is 0.00898. The molecule has 2 fully saturated rings. The van der Waals surface area contributed by atoms with E-state index >= 15 is 0 Å². The molecule has 8 aromatic rings. The number of benzene rings is 7. The normalized spacial score (nSPS) is 11.5. The van der Waals surface area contributed by atoms with E-state index in [9.17, 15) is 34.6 Å². The van der Waals surface area contributed by atoms with Crippen molar-refractivity contribution in [2.45, 2.75) is 93.9 Å². The van der Waals surface area contributed by atoms with Gasteiger partial charge >= 0.3 is 71.8 Å². The molecule has 565 valence electrons. The fourth-order valence-electron chi connectivity index (χ4n) is 9.34. The van der Waals surface area contributed by atoms with Crippen molar-refractivity contribution >= 4 is 95.9 Å². The van der Waals surface area contributed by atoms with Crippen molar-refractivity contribution in [1.29, 1.82) is 0 Å². The van der Waals surface area contributed by atoms with Gasteiger partial charge in [0.15, 0.2) is 0 Å². The fraction of sp³-hybridized carbons (Fsp3) is 0.329. The molecule has 1 aromatic heterocycles. The summed E-state index contributed by atoms with van der Waals surface area (Å²) in [5.74, 6) is 0.160. The number of carboxylic acid groups (broad SMARTS) is 2. The Kier molecular flexibility index (Phi) is 49.3. The number of hydrogen-bond acceptors (Lipinski definition) is 19. The first-order valence-corrected chi connectivity index (χ1v) is 41.4. The second-order valence-corrected chi connectivity index (χ2v) is 35.0. The standard InChI is InChI=1S/C23H27N3O2.C13H20N2O.C8H7NO4.2C8H9NO2.C8H10.CH4O.CH3.2HI.HNO3.H2O4S.H2O.V/c1-17-6-11-21-22(16-17)24-18(2)26(23(21)27)19-7-9-20(10-8-19)28-15-5-14-25-12-3-4-13-25;14-12-4-6-13(7-5-12)16-11-3-10-15-8-1-2-9-15;1-5-2-3-6(8(10)11)7(4-5)9(12)13;1-6-3-4-7(2)8(5-6)9(10)11;1-5-2-3-6(8(10)11)7(9)4-5;1-7-3-5-8(2)6-4-7;1-2;;;;2-1(3)4;1-5(2,3)4;;/h6-11,16H,3-5,12-15H2,1-2H3;4-7H,1-3,8-11,14H2;2-4H,1H3,(H,10,11);3-5H,1-2H3;2-4H,9H2,1H3,(H,10,11);3-6H,1-2H3;2H,1H3;1H3;2*1H;(H,2,3,4);(H2,1,2,3,4);1H2;/q;;;;;;;-1;;;;;;+2/p-2. The van der Waals surface area contributed by atoms with E-state index < -0.39 is 32.3 Å². The average Bonchev–Trinajstić information content (AvgIpc) is 1.02. The van der Waals surface area contributed by atoms with Crippen LogP contribution in [0.4, 0.5) is 22.7 Å². The summed E-state index contributed by atoms with van der Waals surface area (Å²) in [7, 11) is -3.04. The molecule has 0 saturated carbocycles. The second kappa shape index (κ2) is 52.5. The number of nitrogens with zero attached hydrogens (tertiary/aromatic N) is 7. The van der Waals surface area contributed by atoms with Crippen LogP contribution in [0.2, 0.25) is 0 Å². The molecule has 10 rings (SSSR count). The minimum atomic E-state index is -4.67. The van der Waals surface area contributed by atoms with Crippen LogP contribution < -0.4 is 26.5 Å². The molecule has 29 nitrogen and oxygen atoms in total. The summed E-state index contributed by atoms with van der Waals surface area (Å²) in [5, 5.41) is 59.3. The van der Waals surface area contributed by atoms with Crippen molar-refractivity contribution in [3.63, 3.8) is 0 Å². The number of hydrogen-bond donors (Lipinski definition) is 8. The number of nitrogen functional groups attached to an aromatic ring is 2. The summed E-state index contributed by atoms with van der Waals surface area (Å²) in [4.78, 5) is 71.7. The van der Waals surface area contributed by atoms with Gasteiger partial charge in [0.05, 0.1) is 45.2 Å². The van der Waals surface area contributed by atoms with Gasteiger partial charge in [0.25, 0.3) is 22.0 Å². The van der Waals surface area contributed by atoms with Gasteiger partial charge in [-0.15, -0.1) is 10.1 Å². The Morgan fingerprint density at radius 1 is 0.573 bits per heavy atom. The van der Waals surface area contributed by atoms with Crippen LogP contribution in [0.5, 0.6) is 11.5 Å². The minimum absolute atomic E-state index is 0. The molecule has 0 atom stereocenters. The van der Waals surface area contributed by atoms with Crippen LogP contribution in [0.15, 0.2) is 150 Å². The van der Waals surface area contributed by atoms with Crippen LogP contribution in [0, 0.1) is 93.2 Å². The number of anilines is 2. The fourth-order valence-corrected chi connectivity index (χ4v) is 9.34. The number of fused-ring (bicyclic) bond motifs is 1. The molecule has 0 aliphatic carbocycles. The zero-order valence-electron chi connectivity index (χ0n) is 59.1. The molecule has 2 aliphatic heterocycles. The summed E-state index contributed by atoms with van der Waals surface area (Å²) >= 11 is 4.74. The van der Waals surface area contributed by atoms with Gasteiger partial charge < -0.3 is 64.2 Å². The predicted molar refractivity (Wildman–Crippen MR) is 414 cm³/mol. The van der Waals surface area contributed by atoms with Crippen LogP contribution in [0.3, 0.4) is 0 Å². The average molecular weight is 1720 g/mol. The van der Waals surface area contributed by atoms with Gasteiger partial charge in [0.2, 0.25) is 0 Å². The number of carbonyl (C=O) groups is 2. The van der Waals surface area contributed by atoms with Gasteiger partial charge in [-0.2, -0.15) is 8.42 Å². The zero-order chi connectivity index (χ0) is 76.4. The van der Waals surface area contributed by atoms with Gasteiger partial charge in [0, 0.05) is 49.3 Å². The number of aryl methyl sites for hydroxylation is 8. The molecule has 2 saturated heterocycles. The summed E-state index contributed by atoms with van der Waals surface area (Å²) in [6, 6.07) is 43.6. The Morgan fingerprint density at radius 2 is 0.922 bits per heavy atom. The summed E-state index contributed by atoms with van der Waals surface area (Å²) in [6.07, 6.45) is 7.50. The third-order valence-corrected chi connectivity index (χ3v) is 14.1. The van der Waals surface area contributed by atoms with E-state index in [1.807, 2.05) is 100 Å². The Morgan fingerprint density at radius 3 is 1.31 bits per heavy atom. The molecule has 0 spiro atoms. The monoisotopic (exact) mass is 1720 g/mol. The van der Waals surface area contributed by atoms with Gasteiger partial charge in [-0.3, -0.25) is 38.7 Å². The first kappa shape index (κ1) is 96.6. The number of nitro groups is 2. The van der Waals surface area contributed by atoms with Crippen molar-refractivity contribution in [3.05, 3.63) is 250 Å². The van der Waals surface area contributed by atoms with Gasteiger partial charge in [-0.25, -0.2) is 14.6 Å². The van der Waals surface area contributed by atoms with Crippen molar-refractivity contribution in [2.75, 3.05) is 71.1 Å². The zero-order valence-corrected chi connectivity index (χ0v) is 65.7. The molecule has 7 aromatic carbocycles. The van der Waals surface area contributed by atoms with E-state index in [1.54, 1.807) is 42.7 Å². The number of aromatic nitrogens is 2. The van der Waals surface area contributed by atoms with E-state index in [0.29, 0.717) is 44.1 Å².